The summed E-state index contributed by atoms with van der Waals surface area (Å²) >= 11 is 0. The third-order valence-electron chi connectivity index (χ3n) is 5.57. The van der Waals surface area contributed by atoms with Crippen LogP contribution in [0.4, 0.5) is 11.5 Å². The predicted octanol–water partition coefficient (Wildman–Crippen LogP) is 3.31. The first-order valence-electron chi connectivity index (χ1n) is 10.7. The van der Waals surface area contributed by atoms with Crippen molar-refractivity contribution in [1.82, 2.24) is 9.88 Å². The van der Waals surface area contributed by atoms with Gasteiger partial charge >= 0.3 is 0 Å². The summed E-state index contributed by atoms with van der Waals surface area (Å²) in [7, 11) is 3.13. The first kappa shape index (κ1) is 22.1. The number of amides is 2. The number of piperazine rings is 1. The van der Waals surface area contributed by atoms with E-state index in [1.54, 1.807) is 56.8 Å². The number of carbonyl (C=O) groups is 2. The number of methoxy groups -OCH3 is 2. The van der Waals surface area contributed by atoms with Crippen LogP contribution in [0.25, 0.3) is 0 Å². The van der Waals surface area contributed by atoms with Gasteiger partial charge in [-0.05, 0) is 42.5 Å². The lowest BCUT2D eigenvalue weighted by atomic mass is 10.1. The molecular formula is C25H26N4O4. The highest BCUT2D eigenvalue weighted by atomic mass is 16.5. The summed E-state index contributed by atoms with van der Waals surface area (Å²) in [6.45, 7) is 2.52. The lowest BCUT2D eigenvalue weighted by molar-refractivity contribution is 0.0743. The van der Waals surface area contributed by atoms with Crippen LogP contribution in [-0.4, -0.2) is 62.1 Å². The Kier molecular flexibility index (Phi) is 6.73. The molecule has 1 N–H and O–H groups in total. The predicted molar refractivity (Wildman–Crippen MR) is 126 cm³/mol. The molecule has 170 valence electrons. The number of ether oxygens (including phenoxy) is 2. The van der Waals surface area contributed by atoms with Crippen molar-refractivity contribution in [2.24, 2.45) is 0 Å². The molecule has 4 rings (SSSR count). The first-order chi connectivity index (χ1) is 16.1. The molecule has 0 saturated carbocycles. The molecule has 8 heteroatoms. The van der Waals surface area contributed by atoms with Gasteiger partial charge in [-0.2, -0.15) is 0 Å². The minimum Gasteiger partial charge on any atom is -0.497 e. The van der Waals surface area contributed by atoms with E-state index >= 15 is 0 Å². The zero-order valence-corrected chi connectivity index (χ0v) is 18.7. The molecule has 1 aliphatic heterocycles. The summed E-state index contributed by atoms with van der Waals surface area (Å²) in [5.74, 6) is 1.75. The van der Waals surface area contributed by atoms with Crippen LogP contribution in [-0.2, 0) is 0 Å². The van der Waals surface area contributed by atoms with Gasteiger partial charge in [0.15, 0.2) is 0 Å². The molecule has 33 heavy (non-hydrogen) atoms. The largest absolute Gasteiger partial charge is 0.497 e. The Hall–Kier alpha value is -4.07. The molecule has 0 aliphatic carbocycles. The quantitative estimate of drug-likeness (QED) is 0.626. The second kappa shape index (κ2) is 10.0. The number of nitrogens with zero attached hydrogens (tertiary/aromatic N) is 3. The van der Waals surface area contributed by atoms with Gasteiger partial charge in [-0.1, -0.05) is 18.2 Å². The number of hydrogen-bond donors (Lipinski definition) is 1. The number of anilines is 2. The summed E-state index contributed by atoms with van der Waals surface area (Å²) < 4.78 is 10.5. The van der Waals surface area contributed by atoms with Gasteiger partial charge in [-0.25, -0.2) is 4.98 Å². The van der Waals surface area contributed by atoms with Gasteiger partial charge in [0.25, 0.3) is 11.8 Å². The maximum Gasteiger partial charge on any atom is 0.257 e. The van der Waals surface area contributed by atoms with E-state index in [9.17, 15) is 9.59 Å². The zero-order chi connectivity index (χ0) is 23.2. The number of carbonyl (C=O) groups excluding carboxylic acids is 2. The molecule has 0 spiro atoms. The lowest BCUT2D eigenvalue weighted by Crippen LogP contribution is -2.49. The molecule has 1 fully saturated rings. The molecule has 1 saturated heterocycles. The van der Waals surface area contributed by atoms with Crippen molar-refractivity contribution in [2.45, 2.75) is 0 Å². The van der Waals surface area contributed by atoms with E-state index in [0.29, 0.717) is 54.5 Å². The molecule has 8 nitrogen and oxygen atoms in total. The number of aromatic nitrogens is 1. The van der Waals surface area contributed by atoms with Crippen LogP contribution in [0.3, 0.4) is 0 Å². The van der Waals surface area contributed by atoms with Gasteiger partial charge in [-0.15, -0.1) is 0 Å². The van der Waals surface area contributed by atoms with Crippen molar-refractivity contribution in [3.8, 4) is 11.5 Å². The zero-order valence-electron chi connectivity index (χ0n) is 18.7. The lowest BCUT2D eigenvalue weighted by Gasteiger charge is -2.35. The molecule has 2 aromatic carbocycles. The first-order valence-corrected chi connectivity index (χ1v) is 10.7. The van der Waals surface area contributed by atoms with Crippen molar-refractivity contribution < 1.29 is 19.1 Å². The Balaban J connectivity index is 1.34. The van der Waals surface area contributed by atoms with Crippen LogP contribution in [0.5, 0.6) is 11.5 Å². The summed E-state index contributed by atoms with van der Waals surface area (Å²) in [6.07, 6.45) is 1.64. The van der Waals surface area contributed by atoms with Gasteiger partial charge < -0.3 is 24.6 Å². The average Bonchev–Trinajstić information content (AvgIpc) is 2.88. The fraction of sp³-hybridized carbons (Fsp3) is 0.240. The fourth-order valence-corrected chi connectivity index (χ4v) is 3.74. The van der Waals surface area contributed by atoms with Gasteiger partial charge in [0.1, 0.15) is 17.3 Å². The summed E-state index contributed by atoms with van der Waals surface area (Å²) in [4.78, 5) is 33.8. The average molecular weight is 447 g/mol. The number of para-hydroxylation sites is 1. The minimum atomic E-state index is -0.230. The van der Waals surface area contributed by atoms with Crippen LogP contribution >= 0.6 is 0 Å². The van der Waals surface area contributed by atoms with E-state index in [-0.39, 0.29) is 11.8 Å². The molecule has 1 aliphatic rings. The summed E-state index contributed by atoms with van der Waals surface area (Å²) in [5, 5.41) is 2.85. The smallest absolute Gasteiger partial charge is 0.257 e. The molecule has 0 radical (unpaired) electrons. The molecule has 0 unspecified atom stereocenters. The van der Waals surface area contributed by atoms with Crippen molar-refractivity contribution >= 4 is 23.3 Å². The molecule has 2 amide bonds. The van der Waals surface area contributed by atoms with Crippen LogP contribution in [0.2, 0.25) is 0 Å². The second-order valence-electron chi connectivity index (χ2n) is 7.57. The normalized spacial score (nSPS) is 13.4. The number of benzene rings is 2. The Bertz CT molecular complexity index is 1130. The SMILES string of the molecule is COc1cccc(C(=O)Nc2ccc(N3CCN(C(=O)c4ccccc4OC)CC3)nc2)c1. The van der Waals surface area contributed by atoms with E-state index in [0.717, 1.165) is 5.82 Å². The van der Waals surface area contributed by atoms with Gasteiger partial charge in [-0.3, -0.25) is 9.59 Å². The molecule has 1 aromatic heterocycles. The minimum absolute atomic E-state index is 0.0318. The standard InChI is InChI=1S/C25H26N4O4/c1-32-20-7-5-6-18(16-20)24(30)27-19-10-11-23(26-17-19)28-12-14-29(15-13-28)25(31)21-8-3-4-9-22(21)33-2/h3-11,16-17H,12-15H2,1-2H3,(H,27,30). The Morgan fingerprint density at radius 3 is 2.39 bits per heavy atom. The van der Waals surface area contributed by atoms with E-state index in [1.807, 2.05) is 29.2 Å². The van der Waals surface area contributed by atoms with Crippen molar-refractivity contribution in [3.63, 3.8) is 0 Å². The van der Waals surface area contributed by atoms with Crippen LogP contribution in [0.15, 0.2) is 66.9 Å². The molecule has 0 atom stereocenters. The van der Waals surface area contributed by atoms with E-state index in [4.69, 9.17) is 9.47 Å². The van der Waals surface area contributed by atoms with Crippen LogP contribution in [0, 0.1) is 0 Å². The molecule has 3 aromatic rings. The Labute approximate surface area is 192 Å². The topological polar surface area (TPSA) is 84.0 Å². The third-order valence-corrected chi connectivity index (χ3v) is 5.57. The van der Waals surface area contributed by atoms with Crippen LogP contribution < -0.4 is 19.7 Å². The highest BCUT2D eigenvalue weighted by molar-refractivity contribution is 6.04. The maximum absolute atomic E-state index is 12.9. The van der Waals surface area contributed by atoms with Crippen molar-refractivity contribution in [1.29, 1.82) is 0 Å². The van der Waals surface area contributed by atoms with Gasteiger partial charge in [0.2, 0.25) is 0 Å². The molecular weight excluding hydrogens is 420 g/mol. The number of nitrogens with one attached hydrogen (secondary N) is 1. The Morgan fingerprint density at radius 2 is 1.70 bits per heavy atom. The summed E-state index contributed by atoms with van der Waals surface area (Å²) in [5.41, 5.74) is 1.69. The summed E-state index contributed by atoms with van der Waals surface area (Å²) in [6, 6.07) is 17.9. The third kappa shape index (κ3) is 5.06. The van der Waals surface area contributed by atoms with Crippen molar-refractivity contribution in [3.05, 3.63) is 78.0 Å². The van der Waals surface area contributed by atoms with Gasteiger partial charge in [0, 0.05) is 31.7 Å². The Morgan fingerprint density at radius 1 is 0.909 bits per heavy atom. The molecule has 2 heterocycles. The van der Waals surface area contributed by atoms with E-state index < -0.39 is 0 Å². The van der Waals surface area contributed by atoms with E-state index in [1.165, 1.54) is 0 Å². The van der Waals surface area contributed by atoms with Crippen LogP contribution in [0.1, 0.15) is 20.7 Å². The number of rotatable bonds is 6. The second-order valence-corrected chi connectivity index (χ2v) is 7.57. The monoisotopic (exact) mass is 446 g/mol. The van der Waals surface area contributed by atoms with Gasteiger partial charge in [0.05, 0.1) is 31.7 Å². The number of pyridine rings is 1. The number of hydrogen-bond acceptors (Lipinski definition) is 6. The fourth-order valence-electron chi connectivity index (χ4n) is 3.74. The van der Waals surface area contributed by atoms with Crippen molar-refractivity contribution in [2.75, 3.05) is 50.6 Å². The van der Waals surface area contributed by atoms with E-state index in [2.05, 4.69) is 15.2 Å². The molecule has 0 bridgehead atoms. The highest BCUT2D eigenvalue weighted by Gasteiger charge is 2.24. The maximum atomic E-state index is 12.9. The highest BCUT2D eigenvalue weighted by Crippen LogP contribution is 2.22.